The molecule has 64 valence electrons. The zero-order valence-electron chi connectivity index (χ0n) is 6.83. The van der Waals surface area contributed by atoms with Crippen molar-refractivity contribution in [3.05, 3.63) is 0 Å². The summed E-state index contributed by atoms with van der Waals surface area (Å²) in [4.78, 5) is 10.9. The molecule has 0 unspecified atom stereocenters. The molecule has 0 radical (unpaired) electrons. The summed E-state index contributed by atoms with van der Waals surface area (Å²) in [5.74, 6) is -0.531. The third kappa shape index (κ3) is 3.60. The van der Waals surface area contributed by atoms with Crippen LogP contribution in [0.25, 0.3) is 0 Å². The molecule has 0 aromatic heterocycles. The molecule has 0 amide bonds. The van der Waals surface area contributed by atoms with Crippen molar-refractivity contribution in [2.45, 2.75) is 26.7 Å². The van der Waals surface area contributed by atoms with Crippen LogP contribution >= 0.6 is 0 Å². The maximum absolute atomic E-state index is 10.9. The van der Waals surface area contributed by atoms with Crippen LogP contribution in [-0.4, -0.2) is 23.5 Å². The van der Waals surface area contributed by atoms with Crippen LogP contribution in [0, 0.1) is 0 Å². The topological polar surface area (TPSA) is 58.9 Å². The molecule has 0 saturated heterocycles. The van der Waals surface area contributed by atoms with E-state index < -0.39 is 5.97 Å². The highest BCUT2D eigenvalue weighted by molar-refractivity contribution is 6.36. The van der Waals surface area contributed by atoms with Gasteiger partial charge in [-0.1, -0.05) is 18.5 Å². The molecule has 0 atom stereocenters. The smallest absolute Gasteiger partial charge is 0.356 e. The molecular formula is C7H13NO3. The van der Waals surface area contributed by atoms with Crippen molar-refractivity contribution in [2.24, 2.45) is 5.16 Å². The summed E-state index contributed by atoms with van der Waals surface area (Å²) in [6.45, 7) is 3.91. The normalized spacial score (nSPS) is 11.3. The van der Waals surface area contributed by atoms with E-state index in [0.717, 1.165) is 6.42 Å². The Labute approximate surface area is 65.8 Å². The van der Waals surface area contributed by atoms with Gasteiger partial charge in [0.1, 0.15) is 0 Å². The Balaban J connectivity index is 3.94. The molecule has 0 fully saturated rings. The maximum Gasteiger partial charge on any atom is 0.356 e. The van der Waals surface area contributed by atoms with Gasteiger partial charge in [0, 0.05) is 6.42 Å². The molecule has 0 aromatic carbocycles. The molecule has 1 N–H and O–H groups in total. The highest BCUT2D eigenvalue weighted by Gasteiger charge is 2.10. The first kappa shape index (κ1) is 9.94. The third-order valence-electron chi connectivity index (χ3n) is 1.12. The van der Waals surface area contributed by atoms with Crippen molar-refractivity contribution >= 4 is 11.7 Å². The van der Waals surface area contributed by atoms with E-state index in [1.54, 1.807) is 6.92 Å². The number of esters is 1. The van der Waals surface area contributed by atoms with Crippen molar-refractivity contribution in [1.29, 1.82) is 0 Å². The van der Waals surface area contributed by atoms with Crippen LogP contribution in [0.1, 0.15) is 26.7 Å². The summed E-state index contributed by atoms with van der Waals surface area (Å²) >= 11 is 0. The number of hydrogen-bond acceptors (Lipinski definition) is 4. The molecule has 4 heteroatoms. The minimum atomic E-state index is -0.531. The van der Waals surface area contributed by atoms with Crippen LogP contribution in [-0.2, 0) is 9.53 Å². The average molecular weight is 159 g/mol. The van der Waals surface area contributed by atoms with Crippen LogP contribution in [0.4, 0.5) is 0 Å². The molecule has 0 aromatic rings. The fraction of sp³-hybridized carbons (Fsp3) is 0.714. The predicted octanol–water partition coefficient (Wildman–Crippen LogP) is 1.18. The van der Waals surface area contributed by atoms with Gasteiger partial charge in [-0.15, -0.1) is 0 Å². The lowest BCUT2D eigenvalue weighted by atomic mass is 10.2. The number of hydrogen-bond donors (Lipinski definition) is 1. The van der Waals surface area contributed by atoms with E-state index in [4.69, 9.17) is 5.21 Å². The van der Waals surface area contributed by atoms with E-state index in [-0.39, 0.29) is 5.71 Å². The Morgan fingerprint density at radius 2 is 2.18 bits per heavy atom. The fourth-order valence-corrected chi connectivity index (χ4v) is 0.644. The predicted molar refractivity (Wildman–Crippen MR) is 40.8 cm³/mol. The molecule has 0 spiro atoms. The zero-order chi connectivity index (χ0) is 8.69. The second kappa shape index (κ2) is 5.70. The minimum absolute atomic E-state index is 0.0920. The highest BCUT2D eigenvalue weighted by atomic mass is 16.5. The van der Waals surface area contributed by atoms with Crippen molar-refractivity contribution in [2.75, 3.05) is 6.61 Å². The summed E-state index contributed by atoms with van der Waals surface area (Å²) in [7, 11) is 0. The summed E-state index contributed by atoms with van der Waals surface area (Å²) in [5, 5.41) is 11.2. The molecule has 0 rings (SSSR count). The van der Waals surface area contributed by atoms with E-state index in [9.17, 15) is 4.79 Å². The number of nitrogens with zero attached hydrogens (tertiary/aromatic N) is 1. The molecule has 0 aliphatic heterocycles. The van der Waals surface area contributed by atoms with Gasteiger partial charge < -0.3 is 9.94 Å². The molecular weight excluding hydrogens is 146 g/mol. The number of carbonyl (C=O) groups excluding carboxylic acids is 1. The second-order valence-electron chi connectivity index (χ2n) is 2.02. The largest absolute Gasteiger partial charge is 0.461 e. The number of oxime groups is 1. The lowest BCUT2D eigenvalue weighted by Gasteiger charge is -2.00. The van der Waals surface area contributed by atoms with E-state index in [1.807, 2.05) is 6.92 Å². The van der Waals surface area contributed by atoms with Crippen LogP contribution in [0.3, 0.4) is 0 Å². The standard InChI is InChI=1S/C7H13NO3/c1-3-5-6(8-10)7(9)11-4-2/h10H,3-5H2,1-2H3. The summed E-state index contributed by atoms with van der Waals surface area (Å²) in [6.07, 6.45) is 1.22. The summed E-state index contributed by atoms with van der Waals surface area (Å²) < 4.78 is 4.62. The summed E-state index contributed by atoms with van der Waals surface area (Å²) in [6, 6.07) is 0. The molecule has 0 heterocycles. The number of rotatable bonds is 4. The van der Waals surface area contributed by atoms with Gasteiger partial charge in [-0.25, -0.2) is 4.79 Å². The second-order valence-corrected chi connectivity index (χ2v) is 2.02. The Morgan fingerprint density at radius 3 is 2.55 bits per heavy atom. The van der Waals surface area contributed by atoms with Gasteiger partial charge in [0.15, 0.2) is 5.71 Å². The van der Waals surface area contributed by atoms with E-state index in [0.29, 0.717) is 13.0 Å². The van der Waals surface area contributed by atoms with Crippen LogP contribution < -0.4 is 0 Å². The fourth-order valence-electron chi connectivity index (χ4n) is 0.644. The van der Waals surface area contributed by atoms with Crippen LogP contribution in [0.2, 0.25) is 0 Å². The van der Waals surface area contributed by atoms with E-state index >= 15 is 0 Å². The highest BCUT2D eigenvalue weighted by Crippen LogP contribution is 1.94. The Kier molecular flexibility index (Phi) is 5.15. The Bertz CT molecular complexity index is 154. The monoisotopic (exact) mass is 159 g/mol. The van der Waals surface area contributed by atoms with Gasteiger partial charge in [-0.05, 0) is 6.92 Å². The van der Waals surface area contributed by atoms with Crippen molar-refractivity contribution in [1.82, 2.24) is 0 Å². The first-order chi connectivity index (χ1) is 5.26. The van der Waals surface area contributed by atoms with Gasteiger partial charge in [-0.2, -0.15) is 0 Å². The van der Waals surface area contributed by atoms with Gasteiger partial charge in [0.2, 0.25) is 0 Å². The zero-order valence-corrected chi connectivity index (χ0v) is 6.83. The Hall–Kier alpha value is -1.06. The molecule has 4 nitrogen and oxygen atoms in total. The van der Waals surface area contributed by atoms with Gasteiger partial charge >= 0.3 is 5.97 Å². The number of carbonyl (C=O) groups is 1. The molecule has 0 saturated carbocycles. The summed E-state index contributed by atoms with van der Waals surface area (Å²) in [5.41, 5.74) is 0.0920. The lowest BCUT2D eigenvalue weighted by molar-refractivity contribution is -0.135. The quantitative estimate of drug-likeness (QED) is 0.290. The van der Waals surface area contributed by atoms with Crippen molar-refractivity contribution in [3.63, 3.8) is 0 Å². The maximum atomic E-state index is 10.9. The Morgan fingerprint density at radius 1 is 1.55 bits per heavy atom. The first-order valence-electron chi connectivity index (χ1n) is 3.64. The average Bonchev–Trinajstić information content (AvgIpc) is 2.00. The molecule has 0 bridgehead atoms. The van der Waals surface area contributed by atoms with E-state index in [1.165, 1.54) is 0 Å². The minimum Gasteiger partial charge on any atom is -0.461 e. The van der Waals surface area contributed by atoms with Crippen molar-refractivity contribution in [3.8, 4) is 0 Å². The third-order valence-corrected chi connectivity index (χ3v) is 1.12. The van der Waals surface area contributed by atoms with Gasteiger partial charge in [0.25, 0.3) is 0 Å². The lowest BCUT2D eigenvalue weighted by Crippen LogP contribution is -2.17. The van der Waals surface area contributed by atoms with E-state index in [2.05, 4.69) is 9.89 Å². The van der Waals surface area contributed by atoms with Crippen molar-refractivity contribution < 1.29 is 14.7 Å². The van der Waals surface area contributed by atoms with Crippen LogP contribution in [0.15, 0.2) is 5.16 Å². The molecule has 0 aliphatic rings. The SMILES string of the molecule is CCCC(=NO)C(=O)OCC. The van der Waals surface area contributed by atoms with Crippen LogP contribution in [0.5, 0.6) is 0 Å². The van der Waals surface area contributed by atoms with Gasteiger partial charge in [0.05, 0.1) is 6.61 Å². The van der Waals surface area contributed by atoms with Gasteiger partial charge in [-0.3, -0.25) is 0 Å². The molecule has 0 aliphatic carbocycles. The molecule has 11 heavy (non-hydrogen) atoms. The number of ether oxygens (including phenoxy) is 1. The first-order valence-corrected chi connectivity index (χ1v) is 3.64.